The van der Waals surface area contributed by atoms with Crippen LogP contribution in [0, 0.1) is 0 Å². The Hall–Kier alpha value is -0.610. The highest BCUT2D eigenvalue weighted by Gasteiger charge is 2.11. The first-order valence-corrected chi connectivity index (χ1v) is 5.95. The Morgan fingerprint density at radius 3 is 2.71 bits per heavy atom. The summed E-state index contributed by atoms with van der Waals surface area (Å²) >= 11 is 17.2. The smallest absolute Gasteiger partial charge is 0.180 e. The molecule has 0 amide bonds. The van der Waals surface area contributed by atoms with Crippen LogP contribution in [0.2, 0.25) is 5.02 Å². The SMILES string of the molecule is COc1cc(CN)cc(Cl)c1OCC(Cl)=CCl. The highest BCUT2D eigenvalue weighted by molar-refractivity contribution is 6.36. The number of hydrogen-bond donors (Lipinski definition) is 1. The van der Waals surface area contributed by atoms with E-state index >= 15 is 0 Å². The molecule has 0 fully saturated rings. The maximum Gasteiger partial charge on any atom is 0.180 e. The first kappa shape index (κ1) is 14.5. The monoisotopic (exact) mass is 295 g/mol. The predicted molar refractivity (Wildman–Crippen MR) is 71.2 cm³/mol. The molecular weight excluding hydrogens is 284 g/mol. The molecule has 0 aliphatic heterocycles. The maximum absolute atomic E-state index is 6.06. The van der Waals surface area contributed by atoms with Gasteiger partial charge in [-0.05, 0) is 17.7 Å². The molecule has 0 bridgehead atoms. The number of halogens is 3. The van der Waals surface area contributed by atoms with Gasteiger partial charge in [-0.2, -0.15) is 0 Å². The minimum absolute atomic E-state index is 0.128. The van der Waals surface area contributed by atoms with Crippen molar-refractivity contribution in [3.63, 3.8) is 0 Å². The average Bonchev–Trinajstić information content (AvgIpc) is 2.35. The predicted octanol–water partition coefficient (Wildman–Crippen LogP) is 3.51. The molecule has 94 valence electrons. The van der Waals surface area contributed by atoms with Crippen LogP contribution in [-0.2, 0) is 6.54 Å². The summed E-state index contributed by atoms with van der Waals surface area (Å²) < 4.78 is 10.6. The van der Waals surface area contributed by atoms with Gasteiger partial charge >= 0.3 is 0 Å². The zero-order chi connectivity index (χ0) is 12.8. The number of benzene rings is 1. The van der Waals surface area contributed by atoms with E-state index in [1.54, 1.807) is 12.1 Å². The quantitative estimate of drug-likeness (QED) is 0.904. The molecule has 1 aromatic rings. The van der Waals surface area contributed by atoms with Crippen molar-refractivity contribution in [1.82, 2.24) is 0 Å². The van der Waals surface area contributed by atoms with E-state index in [0.717, 1.165) is 5.56 Å². The lowest BCUT2D eigenvalue weighted by Gasteiger charge is -2.13. The molecule has 0 aliphatic carbocycles. The Morgan fingerprint density at radius 2 is 2.18 bits per heavy atom. The van der Waals surface area contributed by atoms with Crippen LogP contribution in [-0.4, -0.2) is 13.7 Å². The number of nitrogens with two attached hydrogens (primary N) is 1. The van der Waals surface area contributed by atoms with E-state index in [4.69, 9.17) is 50.0 Å². The lowest BCUT2D eigenvalue weighted by molar-refractivity contribution is 0.324. The van der Waals surface area contributed by atoms with E-state index in [9.17, 15) is 0 Å². The second-order valence-electron chi connectivity index (χ2n) is 3.16. The Balaban J connectivity index is 2.97. The van der Waals surface area contributed by atoms with Gasteiger partial charge in [-0.1, -0.05) is 34.8 Å². The van der Waals surface area contributed by atoms with E-state index in [1.807, 2.05) is 0 Å². The second kappa shape index (κ2) is 6.97. The first-order valence-electron chi connectivity index (χ1n) is 4.76. The fourth-order valence-corrected chi connectivity index (χ4v) is 1.61. The minimum atomic E-state index is 0.128. The number of methoxy groups -OCH3 is 1. The molecule has 3 nitrogen and oxygen atoms in total. The minimum Gasteiger partial charge on any atom is -0.493 e. The largest absolute Gasteiger partial charge is 0.493 e. The van der Waals surface area contributed by atoms with Gasteiger partial charge in [0.2, 0.25) is 0 Å². The third-order valence-corrected chi connectivity index (χ3v) is 2.87. The standard InChI is InChI=1S/C11H12Cl3NO2/c1-16-10-3-7(5-15)2-9(14)11(10)17-6-8(13)4-12/h2-4H,5-6,15H2,1H3. The summed E-state index contributed by atoms with van der Waals surface area (Å²) in [5.41, 5.74) is 7.63. The third-order valence-electron chi connectivity index (χ3n) is 2.00. The van der Waals surface area contributed by atoms with Crippen LogP contribution in [0.4, 0.5) is 0 Å². The molecule has 0 radical (unpaired) electrons. The molecule has 0 spiro atoms. The molecule has 1 aromatic carbocycles. The van der Waals surface area contributed by atoms with E-state index in [0.29, 0.717) is 28.1 Å². The summed E-state index contributed by atoms with van der Waals surface area (Å²) in [6.07, 6.45) is 0. The van der Waals surface area contributed by atoms with Crippen LogP contribution in [0.1, 0.15) is 5.56 Å². The van der Waals surface area contributed by atoms with E-state index < -0.39 is 0 Å². The molecule has 0 atom stereocenters. The molecule has 0 saturated carbocycles. The Morgan fingerprint density at radius 1 is 1.47 bits per heavy atom. The highest BCUT2D eigenvalue weighted by Crippen LogP contribution is 2.36. The van der Waals surface area contributed by atoms with Crippen LogP contribution in [0.25, 0.3) is 0 Å². The molecular formula is C11H12Cl3NO2. The van der Waals surface area contributed by atoms with Crippen molar-refractivity contribution in [2.45, 2.75) is 6.54 Å². The maximum atomic E-state index is 6.06. The molecule has 0 unspecified atom stereocenters. The number of hydrogen-bond acceptors (Lipinski definition) is 3. The van der Waals surface area contributed by atoms with Gasteiger partial charge in [-0.3, -0.25) is 0 Å². The summed E-state index contributed by atoms with van der Waals surface area (Å²) in [5.74, 6) is 0.931. The summed E-state index contributed by atoms with van der Waals surface area (Å²) in [6.45, 7) is 0.502. The second-order valence-corrected chi connectivity index (χ2v) is 4.27. The Bertz CT molecular complexity index is 421. The van der Waals surface area contributed by atoms with Crippen LogP contribution in [0.15, 0.2) is 22.7 Å². The van der Waals surface area contributed by atoms with Gasteiger partial charge in [0.05, 0.1) is 17.2 Å². The first-order chi connectivity index (χ1) is 8.12. The summed E-state index contributed by atoms with van der Waals surface area (Å²) in [5, 5.41) is 0.788. The normalized spacial score (nSPS) is 11.5. The zero-order valence-electron chi connectivity index (χ0n) is 9.17. The van der Waals surface area contributed by atoms with Crippen molar-refractivity contribution >= 4 is 34.8 Å². The van der Waals surface area contributed by atoms with E-state index in [1.165, 1.54) is 12.6 Å². The molecule has 0 aliphatic rings. The van der Waals surface area contributed by atoms with Gasteiger partial charge in [0, 0.05) is 12.1 Å². The van der Waals surface area contributed by atoms with Gasteiger partial charge in [0.15, 0.2) is 11.5 Å². The van der Waals surface area contributed by atoms with Gasteiger partial charge < -0.3 is 15.2 Å². The van der Waals surface area contributed by atoms with Crippen molar-refractivity contribution < 1.29 is 9.47 Å². The van der Waals surface area contributed by atoms with Crippen molar-refractivity contribution in [2.75, 3.05) is 13.7 Å². The number of rotatable bonds is 5. The molecule has 0 aromatic heterocycles. The topological polar surface area (TPSA) is 44.5 Å². The van der Waals surface area contributed by atoms with Crippen molar-refractivity contribution in [3.05, 3.63) is 33.3 Å². The summed E-state index contributed by atoms with van der Waals surface area (Å²) in [7, 11) is 1.53. The van der Waals surface area contributed by atoms with Gasteiger partial charge in [0.25, 0.3) is 0 Å². The lowest BCUT2D eigenvalue weighted by atomic mass is 10.2. The van der Waals surface area contributed by atoms with Crippen molar-refractivity contribution in [3.8, 4) is 11.5 Å². The Kier molecular flexibility index (Phi) is 5.92. The van der Waals surface area contributed by atoms with Crippen LogP contribution in [0.5, 0.6) is 11.5 Å². The van der Waals surface area contributed by atoms with Crippen molar-refractivity contribution in [2.24, 2.45) is 5.73 Å². The molecule has 17 heavy (non-hydrogen) atoms. The molecule has 0 heterocycles. The third kappa shape index (κ3) is 3.96. The summed E-state index contributed by atoms with van der Waals surface area (Å²) in [4.78, 5) is 0. The van der Waals surface area contributed by atoms with Crippen LogP contribution in [0.3, 0.4) is 0 Å². The Labute approximate surface area is 115 Å². The van der Waals surface area contributed by atoms with Gasteiger partial charge in [0.1, 0.15) is 6.61 Å². The highest BCUT2D eigenvalue weighted by atomic mass is 35.5. The fourth-order valence-electron chi connectivity index (χ4n) is 1.20. The van der Waals surface area contributed by atoms with E-state index in [2.05, 4.69) is 0 Å². The van der Waals surface area contributed by atoms with Crippen LogP contribution < -0.4 is 15.2 Å². The van der Waals surface area contributed by atoms with Gasteiger partial charge in [-0.15, -0.1) is 0 Å². The number of ether oxygens (including phenoxy) is 2. The molecule has 6 heteroatoms. The van der Waals surface area contributed by atoms with Gasteiger partial charge in [-0.25, -0.2) is 0 Å². The molecule has 0 saturated heterocycles. The lowest BCUT2D eigenvalue weighted by Crippen LogP contribution is -2.02. The van der Waals surface area contributed by atoms with E-state index in [-0.39, 0.29) is 6.61 Å². The average molecular weight is 297 g/mol. The molecule has 1 rings (SSSR count). The summed E-state index contributed by atoms with van der Waals surface area (Å²) in [6, 6.07) is 3.48. The zero-order valence-corrected chi connectivity index (χ0v) is 11.4. The van der Waals surface area contributed by atoms with Crippen molar-refractivity contribution in [1.29, 1.82) is 0 Å². The molecule has 2 N–H and O–H groups in total. The fraction of sp³-hybridized carbons (Fsp3) is 0.273. The van der Waals surface area contributed by atoms with Crippen LogP contribution >= 0.6 is 34.8 Å².